The molecule has 0 heterocycles. The smallest absolute Gasteiger partial charge is 0.0599 e. The minimum Gasteiger partial charge on any atom is -0.0599 e. The van der Waals surface area contributed by atoms with Crippen molar-refractivity contribution in [3.8, 4) is 11.1 Å². The lowest BCUT2D eigenvalue weighted by Gasteiger charge is -2.42. The minimum absolute atomic E-state index is 0.362. The highest BCUT2D eigenvalue weighted by Crippen LogP contribution is 2.45. The number of benzene rings is 2. The van der Waals surface area contributed by atoms with Crippen LogP contribution in [0.5, 0.6) is 0 Å². The molecule has 0 N–H and O–H groups in total. The van der Waals surface area contributed by atoms with Crippen molar-refractivity contribution >= 4 is 7.85 Å². The average Bonchev–Trinajstić information content (AvgIpc) is 2.52. The lowest BCUT2D eigenvalue weighted by molar-refractivity contribution is 0.206. The van der Waals surface area contributed by atoms with Crippen molar-refractivity contribution in [2.45, 2.75) is 51.8 Å². The van der Waals surface area contributed by atoms with E-state index >= 15 is 0 Å². The Morgan fingerprint density at radius 2 is 1.18 bits per heavy atom. The van der Waals surface area contributed by atoms with Crippen LogP contribution in [0.3, 0.4) is 0 Å². The molecule has 3 rings (SSSR count). The van der Waals surface area contributed by atoms with Gasteiger partial charge in [-0.05, 0) is 47.2 Å². The summed E-state index contributed by atoms with van der Waals surface area (Å²) in [6.07, 6.45) is 5.29. The van der Waals surface area contributed by atoms with E-state index in [1.165, 1.54) is 47.9 Å². The van der Waals surface area contributed by atoms with Crippen LogP contribution in [-0.2, 0) is 5.31 Å². The molecule has 0 saturated heterocycles. The van der Waals surface area contributed by atoms with Gasteiger partial charge in [-0.1, -0.05) is 80.8 Å². The first-order valence-electron chi connectivity index (χ1n) is 8.56. The second kappa shape index (κ2) is 5.61. The lowest BCUT2D eigenvalue weighted by atomic mass is 9.53. The van der Waals surface area contributed by atoms with Crippen LogP contribution in [-0.4, -0.2) is 7.85 Å². The molecule has 114 valence electrons. The maximum atomic E-state index is 2.45. The first-order valence-corrected chi connectivity index (χ1v) is 8.56. The summed E-state index contributed by atoms with van der Waals surface area (Å²) in [5.74, 6) is 0. The second-order valence-electron chi connectivity index (χ2n) is 8.17. The zero-order chi connectivity index (χ0) is 15.8. The van der Waals surface area contributed by atoms with Crippen LogP contribution in [0.2, 0.25) is 0 Å². The van der Waals surface area contributed by atoms with Gasteiger partial charge in [-0.15, -0.1) is 0 Å². The van der Waals surface area contributed by atoms with Crippen molar-refractivity contribution in [2.75, 3.05) is 0 Å². The van der Waals surface area contributed by atoms with Crippen molar-refractivity contribution in [3.05, 3.63) is 59.7 Å². The molecule has 0 unspecified atom stereocenters. The zero-order valence-electron chi connectivity index (χ0n) is 14.4. The van der Waals surface area contributed by atoms with E-state index in [0.29, 0.717) is 10.7 Å². The summed E-state index contributed by atoms with van der Waals surface area (Å²) in [6, 6.07) is 18.1. The molecule has 0 amide bonds. The number of aryl methyl sites for hydroxylation is 1. The number of hydrogen-bond donors (Lipinski definition) is 0. The number of hydrogen-bond acceptors (Lipinski definition) is 0. The van der Waals surface area contributed by atoms with Crippen molar-refractivity contribution in [1.82, 2.24) is 0 Å². The van der Waals surface area contributed by atoms with Crippen molar-refractivity contribution in [1.29, 1.82) is 0 Å². The molecule has 1 aliphatic carbocycles. The van der Waals surface area contributed by atoms with Crippen LogP contribution in [0.25, 0.3) is 11.1 Å². The summed E-state index contributed by atoms with van der Waals surface area (Å²) in [5.41, 5.74) is 5.99. The van der Waals surface area contributed by atoms with E-state index in [1.807, 2.05) is 0 Å². The number of rotatable bonds is 2. The van der Waals surface area contributed by atoms with Crippen LogP contribution >= 0.6 is 0 Å². The lowest BCUT2D eigenvalue weighted by Crippen LogP contribution is -2.35. The van der Waals surface area contributed by atoms with Gasteiger partial charge in [-0.3, -0.25) is 0 Å². The van der Waals surface area contributed by atoms with Crippen molar-refractivity contribution in [2.24, 2.45) is 5.41 Å². The molecule has 1 heteroatoms. The molecule has 22 heavy (non-hydrogen) atoms. The Labute approximate surface area is 136 Å². The molecule has 0 spiro atoms. The van der Waals surface area contributed by atoms with E-state index in [0.717, 1.165) is 0 Å². The third-order valence-corrected chi connectivity index (χ3v) is 5.67. The van der Waals surface area contributed by atoms with Gasteiger partial charge in [-0.2, -0.15) is 0 Å². The fraction of sp³-hybridized carbons (Fsp3) is 0.429. The highest BCUT2D eigenvalue weighted by molar-refractivity contribution is 6.16. The standard InChI is InChI=1S/C21H27B/c1-16-4-6-17(7-5-16)18-8-10-19(11-9-18)21(22)14-12-20(2,3)13-15-21/h4-11H,12-15,22H2,1-3H3. The molecule has 2 aromatic rings. The van der Waals surface area contributed by atoms with Gasteiger partial charge in [0, 0.05) is 0 Å². The maximum Gasteiger partial charge on any atom is 0.115 e. The Kier molecular flexibility index (Phi) is 3.93. The molecule has 0 radical (unpaired) electrons. The second-order valence-corrected chi connectivity index (χ2v) is 8.17. The molecule has 0 aliphatic heterocycles. The molecule has 0 atom stereocenters. The summed E-state index contributed by atoms with van der Waals surface area (Å²) in [6.45, 7) is 6.96. The average molecular weight is 290 g/mol. The molecule has 0 aromatic heterocycles. The highest BCUT2D eigenvalue weighted by Gasteiger charge is 2.35. The summed E-state index contributed by atoms with van der Waals surface area (Å²) >= 11 is 0. The maximum absolute atomic E-state index is 2.45. The van der Waals surface area contributed by atoms with E-state index in [-0.39, 0.29) is 0 Å². The van der Waals surface area contributed by atoms with E-state index in [1.54, 1.807) is 0 Å². The first-order chi connectivity index (χ1) is 10.4. The van der Waals surface area contributed by atoms with Crippen molar-refractivity contribution < 1.29 is 0 Å². The summed E-state index contributed by atoms with van der Waals surface area (Å²) in [4.78, 5) is 0. The van der Waals surface area contributed by atoms with Gasteiger partial charge in [0.25, 0.3) is 0 Å². The first kappa shape index (κ1) is 15.4. The van der Waals surface area contributed by atoms with Crippen LogP contribution in [0.4, 0.5) is 0 Å². The van der Waals surface area contributed by atoms with E-state index < -0.39 is 0 Å². The molecule has 2 aromatic carbocycles. The van der Waals surface area contributed by atoms with Gasteiger partial charge >= 0.3 is 0 Å². The Morgan fingerprint density at radius 3 is 1.68 bits per heavy atom. The molecule has 1 aliphatic rings. The van der Waals surface area contributed by atoms with Gasteiger partial charge in [0.1, 0.15) is 7.85 Å². The Morgan fingerprint density at radius 1 is 0.727 bits per heavy atom. The SMILES string of the molecule is BC1(c2ccc(-c3ccc(C)cc3)cc2)CCC(C)(C)CC1. The molecule has 0 bridgehead atoms. The minimum atomic E-state index is 0.362. The fourth-order valence-corrected chi connectivity index (χ4v) is 3.58. The predicted molar refractivity (Wildman–Crippen MR) is 99.1 cm³/mol. The van der Waals surface area contributed by atoms with Crippen molar-refractivity contribution in [3.63, 3.8) is 0 Å². The largest absolute Gasteiger partial charge is 0.115 e. The fourth-order valence-electron chi connectivity index (χ4n) is 3.58. The van der Waals surface area contributed by atoms with Crippen LogP contribution < -0.4 is 0 Å². The Bertz CT molecular complexity index is 625. The molecular weight excluding hydrogens is 263 g/mol. The van der Waals surface area contributed by atoms with Crippen LogP contribution in [0, 0.1) is 12.3 Å². The van der Waals surface area contributed by atoms with Crippen LogP contribution in [0.1, 0.15) is 50.7 Å². The van der Waals surface area contributed by atoms with E-state index in [4.69, 9.17) is 0 Å². The third-order valence-electron chi connectivity index (χ3n) is 5.67. The zero-order valence-corrected chi connectivity index (χ0v) is 14.4. The molecule has 1 fully saturated rings. The Hall–Kier alpha value is -1.50. The third kappa shape index (κ3) is 3.14. The van der Waals surface area contributed by atoms with E-state index in [9.17, 15) is 0 Å². The highest BCUT2D eigenvalue weighted by atomic mass is 14.4. The summed E-state index contributed by atoms with van der Waals surface area (Å²) in [5, 5.41) is 0.362. The van der Waals surface area contributed by atoms with E-state index in [2.05, 4.69) is 77.1 Å². The quantitative estimate of drug-likeness (QED) is 0.676. The van der Waals surface area contributed by atoms with Gasteiger partial charge in [0.15, 0.2) is 0 Å². The van der Waals surface area contributed by atoms with Crippen LogP contribution in [0.15, 0.2) is 48.5 Å². The molecular formula is C21H27B. The summed E-state index contributed by atoms with van der Waals surface area (Å²) in [7, 11) is 2.45. The predicted octanol–water partition coefficient (Wildman–Crippen LogP) is 5.09. The molecule has 1 saturated carbocycles. The van der Waals surface area contributed by atoms with Gasteiger partial charge < -0.3 is 0 Å². The summed E-state index contributed by atoms with van der Waals surface area (Å²) < 4.78 is 0. The monoisotopic (exact) mass is 290 g/mol. The molecule has 0 nitrogen and oxygen atoms in total. The van der Waals surface area contributed by atoms with Gasteiger partial charge in [0.2, 0.25) is 0 Å². The Balaban J connectivity index is 1.81. The van der Waals surface area contributed by atoms with Gasteiger partial charge in [0.05, 0.1) is 0 Å². The normalized spacial score (nSPS) is 19.8. The van der Waals surface area contributed by atoms with Gasteiger partial charge in [-0.25, -0.2) is 0 Å². The topological polar surface area (TPSA) is 0 Å².